The average Bonchev–Trinajstić information content (AvgIpc) is 3.43. The first kappa shape index (κ1) is 32.7. The summed E-state index contributed by atoms with van der Waals surface area (Å²) < 4.78 is 17.3. The Morgan fingerprint density at radius 1 is 0.930 bits per heavy atom. The number of carbonyl (C=O) groups is 2. The van der Waals surface area contributed by atoms with Crippen LogP contribution in [0.1, 0.15) is 25.3 Å². The van der Waals surface area contributed by atoms with Gasteiger partial charge in [-0.25, -0.2) is 0 Å². The Morgan fingerprint density at radius 2 is 1.56 bits per heavy atom. The van der Waals surface area contributed by atoms with Gasteiger partial charge in [0, 0.05) is 59.8 Å². The van der Waals surface area contributed by atoms with Crippen molar-refractivity contribution in [2.45, 2.75) is 32.7 Å². The molecule has 10 nitrogen and oxygen atoms in total. The maximum absolute atomic E-state index is 9.17. The monoisotopic (exact) mass is 587 g/mol. The van der Waals surface area contributed by atoms with Crippen molar-refractivity contribution in [2.24, 2.45) is 5.73 Å². The molecule has 1 saturated heterocycles. The summed E-state index contributed by atoms with van der Waals surface area (Å²) in [5.41, 5.74) is 9.09. The molecule has 43 heavy (non-hydrogen) atoms. The lowest BCUT2D eigenvalue weighted by molar-refractivity contribution is -0.108. The van der Waals surface area contributed by atoms with Gasteiger partial charge in [0.05, 0.1) is 19.7 Å². The minimum atomic E-state index is 0.250. The number of fused-ring (bicyclic) bond motifs is 1. The van der Waals surface area contributed by atoms with Gasteiger partial charge in [-0.15, -0.1) is 0 Å². The Labute approximate surface area is 253 Å². The standard InChI is InChI=1S/C29H32N4O3.C3H6O.CH3NO/c1-19-5-6-22(31-20-7-9-21(10-8-20)32-23-12-14-33(2)18-23)15-27(19)36-26-11-13-30-25-17-29(35-4)28(34-3)16-24(25)26;1-2-3-4;2-1-3/h5-11,13,15-17,23,31-32H,12,14,18H2,1-4H3;3H,2H2,1H3;1H,(H2,2,3). The second-order valence-electron chi connectivity index (χ2n) is 9.92. The molecule has 4 aromatic rings. The second kappa shape index (κ2) is 16.6. The third kappa shape index (κ3) is 9.34. The van der Waals surface area contributed by atoms with Gasteiger partial charge >= 0.3 is 0 Å². The molecule has 5 rings (SSSR count). The van der Waals surface area contributed by atoms with Crippen LogP contribution in [0.25, 0.3) is 10.9 Å². The van der Waals surface area contributed by atoms with Crippen molar-refractivity contribution in [3.8, 4) is 23.0 Å². The molecule has 10 heteroatoms. The zero-order valence-corrected chi connectivity index (χ0v) is 25.4. The van der Waals surface area contributed by atoms with Crippen molar-refractivity contribution in [1.29, 1.82) is 0 Å². The third-order valence-corrected chi connectivity index (χ3v) is 6.72. The SMILES string of the molecule is CCC=O.COc1cc2nccc(Oc3cc(Nc4ccc(NC5CCN(C)C5)cc4)ccc3C)c2cc1OC.NC=O. The molecule has 1 amide bonds. The number of hydrogen-bond donors (Lipinski definition) is 3. The highest BCUT2D eigenvalue weighted by Crippen LogP contribution is 2.38. The first-order valence-electron chi connectivity index (χ1n) is 14.1. The number of amides is 1. The molecule has 1 aliphatic heterocycles. The molecular formula is C33H41N5O5. The highest BCUT2D eigenvalue weighted by Gasteiger charge is 2.18. The largest absolute Gasteiger partial charge is 0.493 e. The van der Waals surface area contributed by atoms with Crippen LogP contribution in [-0.4, -0.2) is 63.0 Å². The van der Waals surface area contributed by atoms with Crippen LogP contribution in [0.2, 0.25) is 0 Å². The maximum Gasteiger partial charge on any atom is 0.204 e. The average molecular weight is 588 g/mol. The molecule has 1 unspecified atom stereocenters. The smallest absolute Gasteiger partial charge is 0.204 e. The number of benzene rings is 3. The number of hydrogen-bond acceptors (Lipinski definition) is 9. The number of primary amides is 1. The summed E-state index contributed by atoms with van der Waals surface area (Å²) in [6, 6.07) is 20.7. The zero-order chi connectivity index (χ0) is 31.2. The van der Waals surface area contributed by atoms with Crippen molar-refractivity contribution < 1.29 is 23.8 Å². The molecule has 1 aliphatic rings. The van der Waals surface area contributed by atoms with E-state index in [1.165, 1.54) is 6.42 Å². The van der Waals surface area contributed by atoms with Crippen LogP contribution in [0.3, 0.4) is 0 Å². The lowest BCUT2D eigenvalue weighted by atomic mass is 10.1. The van der Waals surface area contributed by atoms with Gasteiger partial charge in [-0.05, 0) is 75.0 Å². The van der Waals surface area contributed by atoms with Crippen molar-refractivity contribution in [3.63, 3.8) is 0 Å². The number of nitrogens with two attached hydrogens (primary N) is 1. The molecule has 1 fully saturated rings. The Morgan fingerprint density at radius 3 is 2.16 bits per heavy atom. The summed E-state index contributed by atoms with van der Waals surface area (Å²) in [7, 11) is 5.40. The number of ether oxygens (including phenoxy) is 3. The number of pyridine rings is 1. The van der Waals surface area contributed by atoms with Crippen molar-refractivity contribution in [3.05, 3.63) is 72.4 Å². The van der Waals surface area contributed by atoms with Crippen LogP contribution in [0.15, 0.2) is 66.9 Å². The molecule has 0 saturated carbocycles. The number of likely N-dealkylation sites (N-methyl/N-ethyl adjacent to an activating group) is 1. The number of aryl methyl sites for hydroxylation is 1. The summed E-state index contributed by atoms with van der Waals surface area (Å²) in [4.78, 5) is 24.6. The van der Waals surface area contributed by atoms with Gasteiger partial charge in [-0.2, -0.15) is 0 Å². The first-order chi connectivity index (χ1) is 20.8. The highest BCUT2D eigenvalue weighted by molar-refractivity contribution is 5.88. The number of aldehydes is 1. The lowest BCUT2D eigenvalue weighted by Gasteiger charge is -2.16. The van der Waals surface area contributed by atoms with E-state index >= 15 is 0 Å². The summed E-state index contributed by atoms with van der Waals surface area (Å²) >= 11 is 0. The molecule has 0 aliphatic carbocycles. The summed E-state index contributed by atoms with van der Waals surface area (Å²) in [5.74, 6) is 2.74. The van der Waals surface area contributed by atoms with Crippen LogP contribution in [0, 0.1) is 6.92 Å². The summed E-state index contributed by atoms with van der Waals surface area (Å²) in [5, 5.41) is 7.97. The maximum atomic E-state index is 9.17. The van der Waals surface area contributed by atoms with E-state index in [9.17, 15) is 4.79 Å². The number of rotatable bonds is 9. The number of carbonyl (C=O) groups excluding carboxylic acids is 2. The number of methoxy groups -OCH3 is 2. The molecular weight excluding hydrogens is 546 g/mol. The van der Waals surface area contributed by atoms with Gasteiger partial charge in [-0.1, -0.05) is 13.0 Å². The van der Waals surface area contributed by atoms with E-state index in [0.717, 1.165) is 58.7 Å². The summed E-state index contributed by atoms with van der Waals surface area (Å²) in [6.45, 7) is 6.07. The predicted molar refractivity (Wildman–Crippen MR) is 172 cm³/mol. The fourth-order valence-electron chi connectivity index (χ4n) is 4.55. The highest BCUT2D eigenvalue weighted by atomic mass is 16.5. The molecule has 1 atom stereocenters. The second-order valence-corrected chi connectivity index (χ2v) is 9.92. The topological polar surface area (TPSA) is 128 Å². The first-order valence-corrected chi connectivity index (χ1v) is 14.1. The van der Waals surface area contributed by atoms with E-state index in [0.29, 0.717) is 29.7 Å². The van der Waals surface area contributed by atoms with Crippen LogP contribution in [-0.2, 0) is 9.59 Å². The van der Waals surface area contributed by atoms with Gasteiger partial charge in [0.15, 0.2) is 11.5 Å². The van der Waals surface area contributed by atoms with E-state index in [4.69, 9.17) is 19.0 Å². The van der Waals surface area contributed by atoms with Crippen LogP contribution >= 0.6 is 0 Å². The minimum absolute atomic E-state index is 0.250. The Hall–Kier alpha value is -4.83. The Bertz CT molecular complexity index is 1480. The van der Waals surface area contributed by atoms with Crippen molar-refractivity contribution in [1.82, 2.24) is 9.88 Å². The van der Waals surface area contributed by atoms with Crippen molar-refractivity contribution in [2.75, 3.05) is 45.0 Å². The van der Waals surface area contributed by atoms with E-state index < -0.39 is 0 Å². The molecule has 3 aromatic carbocycles. The Balaban J connectivity index is 0.000000657. The molecule has 1 aromatic heterocycles. The van der Waals surface area contributed by atoms with E-state index in [1.54, 1.807) is 20.4 Å². The number of nitrogens with one attached hydrogen (secondary N) is 2. The fourth-order valence-corrected chi connectivity index (χ4v) is 4.55. The van der Waals surface area contributed by atoms with Crippen molar-refractivity contribution >= 4 is 40.7 Å². The third-order valence-electron chi connectivity index (χ3n) is 6.72. The van der Waals surface area contributed by atoms with Crippen LogP contribution < -0.4 is 30.6 Å². The zero-order valence-electron chi connectivity index (χ0n) is 25.4. The van der Waals surface area contributed by atoms with E-state index in [2.05, 4.69) is 69.7 Å². The fraction of sp³-hybridized carbons (Fsp3) is 0.303. The normalized spacial score (nSPS) is 13.9. The number of likely N-dealkylation sites (tertiary alicyclic amines) is 1. The molecule has 2 heterocycles. The number of aromatic nitrogens is 1. The lowest BCUT2D eigenvalue weighted by Crippen LogP contribution is -2.23. The molecule has 0 spiro atoms. The number of nitrogens with zero attached hydrogens (tertiary/aromatic N) is 2. The predicted octanol–water partition coefficient (Wildman–Crippen LogP) is 5.91. The van der Waals surface area contributed by atoms with Gasteiger partial charge in [0.1, 0.15) is 17.8 Å². The van der Waals surface area contributed by atoms with E-state index in [1.807, 2.05) is 38.1 Å². The molecule has 4 N–H and O–H groups in total. The van der Waals surface area contributed by atoms with Gasteiger partial charge in [0.2, 0.25) is 6.41 Å². The van der Waals surface area contributed by atoms with Crippen LogP contribution in [0.5, 0.6) is 23.0 Å². The molecule has 0 radical (unpaired) electrons. The van der Waals surface area contributed by atoms with Crippen LogP contribution in [0.4, 0.5) is 17.1 Å². The van der Waals surface area contributed by atoms with Gasteiger partial charge in [0.25, 0.3) is 0 Å². The summed E-state index contributed by atoms with van der Waals surface area (Å²) in [6.07, 6.45) is 4.68. The van der Waals surface area contributed by atoms with Gasteiger partial charge < -0.3 is 40.3 Å². The Kier molecular flexibility index (Phi) is 12.6. The molecule has 0 bridgehead atoms. The quantitative estimate of drug-likeness (QED) is 0.205. The minimum Gasteiger partial charge on any atom is -0.493 e. The van der Waals surface area contributed by atoms with E-state index in [-0.39, 0.29) is 6.41 Å². The molecule has 228 valence electrons. The van der Waals surface area contributed by atoms with Gasteiger partial charge in [-0.3, -0.25) is 9.78 Å². The number of anilines is 3.